The summed E-state index contributed by atoms with van der Waals surface area (Å²) in [5.41, 5.74) is 6.43. The van der Waals surface area contributed by atoms with Crippen LogP contribution in [0.1, 0.15) is 18.5 Å². The van der Waals surface area contributed by atoms with Crippen LogP contribution in [0.5, 0.6) is 0 Å². The predicted molar refractivity (Wildman–Crippen MR) is 57.3 cm³/mol. The van der Waals surface area contributed by atoms with Crippen LogP contribution in [0.4, 0.5) is 5.82 Å². The van der Waals surface area contributed by atoms with Crippen molar-refractivity contribution in [1.82, 2.24) is 4.98 Å². The van der Waals surface area contributed by atoms with Crippen LogP contribution in [0.15, 0.2) is 18.2 Å². The molecule has 15 heavy (non-hydrogen) atoms. The van der Waals surface area contributed by atoms with Crippen LogP contribution in [0, 0.1) is 0 Å². The van der Waals surface area contributed by atoms with E-state index in [9.17, 15) is 0 Å². The zero-order chi connectivity index (χ0) is 10.5. The number of hydrogen-bond donors (Lipinski definition) is 1. The lowest BCUT2D eigenvalue weighted by Crippen LogP contribution is -2.14. The minimum Gasteiger partial charge on any atom is -0.384 e. The Balaban J connectivity index is 1.73. The monoisotopic (exact) mass is 208 g/mol. The summed E-state index contributed by atoms with van der Waals surface area (Å²) in [6.45, 7) is 2.02. The molecule has 1 fully saturated rings. The molecule has 0 spiro atoms. The molecule has 0 aromatic carbocycles. The molecule has 0 saturated carbocycles. The van der Waals surface area contributed by atoms with E-state index < -0.39 is 0 Å². The van der Waals surface area contributed by atoms with Gasteiger partial charge in [-0.2, -0.15) is 0 Å². The summed E-state index contributed by atoms with van der Waals surface area (Å²) in [5.74, 6) is 0.535. The zero-order valence-corrected chi connectivity index (χ0v) is 8.69. The molecular formula is C11H16N2O2. The lowest BCUT2D eigenvalue weighted by atomic mass is 10.2. The standard InChI is InChI=1S/C11H16N2O2/c12-11-5-1-3-9(13-11)7-14-8-10-4-2-6-15-10/h1,3,5,10H,2,4,6-8H2,(H2,12,13). The third-order valence-electron chi connectivity index (χ3n) is 2.41. The molecule has 2 N–H and O–H groups in total. The molecule has 4 nitrogen and oxygen atoms in total. The number of rotatable bonds is 4. The van der Waals surface area contributed by atoms with Gasteiger partial charge in [-0.05, 0) is 25.0 Å². The molecular weight excluding hydrogens is 192 g/mol. The van der Waals surface area contributed by atoms with Crippen LogP contribution < -0.4 is 5.73 Å². The van der Waals surface area contributed by atoms with Crippen LogP contribution in [0.25, 0.3) is 0 Å². The van der Waals surface area contributed by atoms with E-state index in [4.69, 9.17) is 15.2 Å². The van der Waals surface area contributed by atoms with Gasteiger partial charge >= 0.3 is 0 Å². The van der Waals surface area contributed by atoms with Crippen LogP contribution in [-0.2, 0) is 16.1 Å². The van der Waals surface area contributed by atoms with Gasteiger partial charge in [0.15, 0.2) is 0 Å². The minimum atomic E-state index is 0.269. The van der Waals surface area contributed by atoms with Crippen molar-refractivity contribution in [2.75, 3.05) is 18.9 Å². The Kier molecular flexibility index (Phi) is 3.53. The van der Waals surface area contributed by atoms with Crippen molar-refractivity contribution in [2.24, 2.45) is 0 Å². The van der Waals surface area contributed by atoms with Crippen LogP contribution in [0.2, 0.25) is 0 Å². The quantitative estimate of drug-likeness (QED) is 0.811. The second kappa shape index (κ2) is 5.09. The molecule has 1 aliphatic heterocycles. The first kappa shape index (κ1) is 10.4. The molecule has 4 heteroatoms. The van der Waals surface area contributed by atoms with Gasteiger partial charge in [0, 0.05) is 6.61 Å². The fourth-order valence-corrected chi connectivity index (χ4v) is 1.65. The third kappa shape index (κ3) is 3.18. The molecule has 1 unspecified atom stereocenters. The first-order chi connectivity index (χ1) is 7.34. The highest BCUT2D eigenvalue weighted by Gasteiger charge is 2.15. The lowest BCUT2D eigenvalue weighted by Gasteiger charge is -2.09. The van der Waals surface area contributed by atoms with Gasteiger partial charge in [-0.25, -0.2) is 4.98 Å². The second-order valence-electron chi connectivity index (χ2n) is 3.70. The van der Waals surface area contributed by atoms with E-state index in [0.717, 1.165) is 25.1 Å². The Hall–Kier alpha value is -1.13. The van der Waals surface area contributed by atoms with Crippen LogP contribution in [-0.4, -0.2) is 24.3 Å². The number of ether oxygens (including phenoxy) is 2. The van der Waals surface area contributed by atoms with Gasteiger partial charge in [0.25, 0.3) is 0 Å². The van der Waals surface area contributed by atoms with Gasteiger partial charge in [-0.15, -0.1) is 0 Å². The highest BCUT2D eigenvalue weighted by atomic mass is 16.5. The Morgan fingerprint density at radius 2 is 2.47 bits per heavy atom. The summed E-state index contributed by atoms with van der Waals surface area (Å²) >= 11 is 0. The molecule has 82 valence electrons. The number of hydrogen-bond acceptors (Lipinski definition) is 4. The summed E-state index contributed by atoms with van der Waals surface area (Å²) in [7, 11) is 0. The molecule has 1 aromatic rings. The molecule has 0 radical (unpaired) electrons. The maximum Gasteiger partial charge on any atom is 0.123 e. The average Bonchev–Trinajstić information content (AvgIpc) is 2.71. The SMILES string of the molecule is Nc1cccc(COCC2CCCO2)n1. The molecule has 2 heterocycles. The smallest absolute Gasteiger partial charge is 0.123 e. The molecule has 1 saturated heterocycles. The number of aromatic nitrogens is 1. The van der Waals surface area contributed by atoms with Crippen molar-refractivity contribution in [3.63, 3.8) is 0 Å². The highest BCUT2D eigenvalue weighted by Crippen LogP contribution is 2.12. The fourth-order valence-electron chi connectivity index (χ4n) is 1.65. The van der Waals surface area contributed by atoms with E-state index in [0.29, 0.717) is 19.0 Å². The topological polar surface area (TPSA) is 57.4 Å². The zero-order valence-electron chi connectivity index (χ0n) is 8.69. The summed E-state index contributed by atoms with van der Waals surface area (Å²) in [4.78, 5) is 4.15. The second-order valence-corrected chi connectivity index (χ2v) is 3.70. The van der Waals surface area contributed by atoms with Gasteiger partial charge in [-0.3, -0.25) is 0 Å². The Morgan fingerprint density at radius 3 is 3.20 bits per heavy atom. The Bertz CT molecular complexity index is 311. The Morgan fingerprint density at radius 1 is 1.53 bits per heavy atom. The highest BCUT2D eigenvalue weighted by molar-refractivity contribution is 5.28. The van der Waals surface area contributed by atoms with Crippen molar-refractivity contribution in [3.05, 3.63) is 23.9 Å². The van der Waals surface area contributed by atoms with Gasteiger partial charge in [0.2, 0.25) is 0 Å². The maximum atomic E-state index is 5.56. The van der Waals surface area contributed by atoms with E-state index in [2.05, 4.69) is 4.98 Å². The van der Waals surface area contributed by atoms with Gasteiger partial charge < -0.3 is 15.2 Å². The number of nitrogens with zero attached hydrogens (tertiary/aromatic N) is 1. The normalized spacial score (nSPS) is 20.7. The van der Waals surface area contributed by atoms with Gasteiger partial charge in [0.1, 0.15) is 5.82 Å². The van der Waals surface area contributed by atoms with Crippen molar-refractivity contribution in [2.45, 2.75) is 25.6 Å². The van der Waals surface area contributed by atoms with E-state index in [1.165, 1.54) is 0 Å². The van der Waals surface area contributed by atoms with Crippen molar-refractivity contribution in [3.8, 4) is 0 Å². The molecule has 2 rings (SSSR count). The van der Waals surface area contributed by atoms with Gasteiger partial charge in [0.05, 0.1) is 25.0 Å². The lowest BCUT2D eigenvalue weighted by molar-refractivity contribution is 0.00969. The summed E-state index contributed by atoms with van der Waals surface area (Å²) in [5, 5.41) is 0. The number of anilines is 1. The first-order valence-corrected chi connectivity index (χ1v) is 5.25. The van der Waals surface area contributed by atoms with Gasteiger partial charge in [-0.1, -0.05) is 6.07 Å². The van der Waals surface area contributed by atoms with E-state index in [1.54, 1.807) is 6.07 Å². The summed E-state index contributed by atoms with van der Waals surface area (Å²) in [6.07, 6.45) is 2.51. The first-order valence-electron chi connectivity index (χ1n) is 5.25. The average molecular weight is 208 g/mol. The number of nitrogens with two attached hydrogens (primary N) is 1. The van der Waals surface area contributed by atoms with Crippen molar-refractivity contribution < 1.29 is 9.47 Å². The molecule has 0 bridgehead atoms. The van der Waals surface area contributed by atoms with Crippen LogP contribution in [0.3, 0.4) is 0 Å². The summed E-state index contributed by atoms with van der Waals surface area (Å²) < 4.78 is 11.0. The maximum absolute atomic E-state index is 5.56. The summed E-state index contributed by atoms with van der Waals surface area (Å²) in [6, 6.07) is 5.56. The molecule has 1 aromatic heterocycles. The molecule has 0 amide bonds. The molecule has 1 aliphatic rings. The largest absolute Gasteiger partial charge is 0.384 e. The third-order valence-corrected chi connectivity index (χ3v) is 2.41. The van der Waals surface area contributed by atoms with Crippen LogP contribution >= 0.6 is 0 Å². The molecule has 1 atom stereocenters. The number of pyridine rings is 1. The Labute approximate surface area is 89.4 Å². The fraction of sp³-hybridized carbons (Fsp3) is 0.545. The minimum absolute atomic E-state index is 0.269. The van der Waals surface area contributed by atoms with E-state index >= 15 is 0 Å². The number of nitrogen functional groups attached to an aromatic ring is 1. The van der Waals surface area contributed by atoms with Crippen molar-refractivity contribution >= 4 is 5.82 Å². The van der Waals surface area contributed by atoms with Crippen molar-refractivity contribution in [1.29, 1.82) is 0 Å². The van der Waals surface area contributed by atoms with E-state index in [-0.39, 0.29) is 6.10 Å². The predicted octanol–water partition coefficient (Wildman–Crippen LogP) is 1.36. The van der Waals surface area contributed by atoms with E-state index in [1.807, 2.05) is 12.1 Å². The molecule has 0 aliphatic carbocycles.